The van der Waals surface area contributed by atoms with Gasteiger partial charge in [-0.1, -0.05) is 0 Å². The van der Waals surface area contributed by atoms with E-state index in [0.717, 1.165) is 38.7 Å². The second-order valence-corrected chi connectivity index (χ2v) is 5.31. The summed E-state index contributed by atoms with van der Waals surface area (Å²) in [6.07, 6.45) is 6.23. The molecule has 5 nitrogen and oxygen atoms in total. The second-order valence-electron chi connectivity index (χ2n) is 5.31. The summed E-state index contributed by atoms with van der Waals surface area (Å²) in [6.45, 7) is 1.41. The lowest BCUT2D eigenvalue weighted by Crippen LogP contribution is -2.49. The Morgan fingerprint density at radius 1 is 1.21 bits per heavy atom. The molecule has 2 saturated heterocycles. The predicted molar refractivity (Wildman–Crippen MR) is 69.6 cm³/mol. The number of carbonyl (C=O) groups is 2. The van der Waals surface area contributed by atoms with Crippen molar-refractivity contribution in [3.8, 4) is 0 Å². The SMILES string of the molecule is COC(=O)[C@H]1CCCCN1C(=O)CC1CCCCO1. The van der Waals surface area contributed by atoms with Crippen molar-refractivity contribution >= 4 is 11.9 Å². The lowest BCUT2D eigenvalue weighted by molar-refractivity contribution is -0.156. The van der Waals surface area contributed by atoms with Crippen LogP contribution < -0.4 is 0 Å². The number of ether oxygens (including phenoxy) is 2. The van der Waals surface area contributed by atoms with Gasteiger partial charge in [-0.15, -0.1) is 0 Å². The topological polar surface area (TPSA) is 55.8 Å². The number of piperidine rings is 1. The van der Waals surface area contributed by atoms with Crippen molar-refractivity contribution in [1.29, 1.82) is 0 Å². The Hall–Kier alpha value is -1.10. The molecule has 2 fully saturated rings. The van der Waals surface area contributed by atoms with E-state index in [9.17, 15) is 9.59 Å². The molecule has 19 heavy (non-hydrogen) atoms. The van der Waals surface area contributed by atoms with Crippen molar-refractivity contribution in [2.45, 2.75) is 57.1 Å². The van der Waals surface area contributed by atoms with Crippen molar-refractivity contribution in [3.05, 3.63) is 0 Å². The molecular formula is C14H23NO4. The Morgan fingerprint density at radius 2 is 2.00 bits per heavy atom. The first-order valence-electron chi connectivity index (χ1n) is 7.21. The molecule has 1 amide bonds. The van der Waals surface area contributed by atoms with Gasteiger partial charge in [-0.3, -0.25) is 4.79 Å². The van der Waals surface area contributed by atoms with Gasteiger partial charge in [0.05, 0.1) is 19.6 Å². The van der Waals surface area contributed by atoms with Gasteiger partial charge in [0, 0.05) is 13.2 Å². The van der Waals surface area contributed by atoms with Gasteiger partial charge in [0.15, 0.2) is 0 Å². The first-order valence-corrected chi connectivity index (χ1v) is 7.21. The van der Waals surface area contributed by atoms with Crippen LogP contribution in [0.1, 0.15) is 44.9 Å². The molecule has 0 radical (unpaired) electrons. The fourth-order valence-corrected chi connectivity index (χ4v) is 2.89. The molecule has 2 heterocycles. The van der Waals surface area contributed by atoms with Gasteiger partial charge < -0.3 is 14.4 Å². The summed E-state index contributed by atoms with van der Waals surface area (Å²) in [5.74, 6) is -0.264. The van der Waals surface area contributed by atoms with Crippen LogP contribution in [0.25, 0.3) is 0 Å². The van der Waals surface area contributed by atoms with E-state index >= 15 is 0 Å². The average Bonchev–Trinajstić information content (AvgIpc) is 2.47. The molecule has 2 aliphatic rings. The van der Waals surface area contributed by atoms with Crippen LogP contribution in [0, 0.1) is 0 Å². The van der Waals surface area contributed by atoms with E-state index in [1.807, 2.05) is 0 Å². The van der Waals surface area contributed by atoms with E-state index < -0.39 is 6.04 Å². The van der Waals surface area contributed by atoms with Gasteiger partial charge >= 0.3 is 5.97 Å². The molecule has 0 aromatic heterocycles. The molecule has 2 aliphatic heterocycles. The Kier molecular flexibility index (Phi) is 5.19. The van der Waals surface area contributed by atoms with E-state index in [2.05, 4.69) is 0 Å². The van der Waals surface area contributed by atoms with Crippen LogP contribution in [-0.4, -0.2) is 49.2 Å². The Balaban J connectivity index is 1.92. The largest absolute Gasteiger partial charge is 0.467 e. The molecule has 2 rings (SSSR count). The zero-order chi connectivity index (χ0) is 13.7. The summed E-state index contributed by atoms with van der Waals surface area (Å²) < 4.78 is 10.4. The average molecular weight is 269 g/mol. The van der Waals surface area contributed by atoms with E-state index in [0.29, 0.717) is 19.4 Å². The van der Waals surface area contributed by atoms with E-state index in [4.69, 9.17) is 9.47 Å². The summed E-state index contributed by atoms with van der Waals surface area (Å²) in [5.41, 5.74) is 0. The Bertz CT molecular complexity index is 325. The zero-order valence-corrected chi connectivity index (χ0v) is 11.6. The molecule has 0 aliphatic carbocycles. The number of carbonyl (C=O) groups excluding carboxylic acids is 2. The summed E-state index contributed by atoms with van der Waals surface area (Å²) in [6, 6.07) is -0.394. The normalized spacial score (nSPS) is 27.9. The maximum Gasteiger partial charge on any atom is 0.328 e. The van der Waals surface area contributed by atoms with Gasteiger partial charge in [0.25, 0.3) is 0 Å². The van der Waals surface area contributed by atoms with Gasteiger partial charge in [0.2, 0.25) is 5.91 Å². The summed E-state index contributed by atoms with van der Waals surface area (Å²) in [4.78, 5) is 25.7. The van der Waals surface area contributed by atoms with Crippen LogP contribution in [0.4, 0.5) is 0 Å². The minimum Gasteiger partial charge on any atom is -0.467 e. The number of hydrogen-bond donors (Lipinski definition) is 0. The number of hydrogen-bond acceptors (Lipinski definition) is 4. The quantitative estimate of drug-likeness (QED) is 0.729. The van der Waals surface area contributed by atoms with E-state index in [-0.39, 0.29) is 18.0 Å². The summed E-state index contributed by atoms with van der Waals surface area (Å²) in [7, 11) is 1.38. The first-order chi connectivity index (χ1) is 9.22. The molecule has 0 aromatic carbocycles. The number of rotatable bonds is 3. The molecule has 5 heteroatoms. The molecular weight excluding hydrogens is 246 g/mol. The van der Waals surface area contributed by atoms with Gasteiger partial charge in [-0.25, -0.2) is 4.79 Å². The number of nitrogens with zero attached hydrogens (tertiary/aromatic N) is 1. The maximum absolute atomic E-state index is 12.3. The zero-order valence-electron chi connectivity index (χ0n) is 11.6. The van der Waals surface area contributed by atoms with Crippen LogP contribution in [0.2, 0.25) is 0 Å². The lowest BCUT2D eigenvalue weighted by atomic mass is 10.00. The monoisotopic (exact) mass is 269 g/mol. The highest BCUT2D eigenvalue weighted by atomic mass is 16.5. The minimum atomic E-state index is -0.394. The highest BCUT2D eigenvalue weighted by molar-refractivity contribution is 5.85. The second kappa shape index (κ2) is 6.89. The fraction of sp³-hybridized carbons (Fsp3) is 0.857. The lowest BCUT2D eigenvalue weighted by Gasteiger charge is -2.35. The maximum atomic E-state index is 12.3. The summed E-state index contributed by atoms with van der Waals surface area (Å²) >= 11 is 0. The van der Waals surface area contributed by atoms with Gasteiger partial charge in [-0.05, 0) is 38.5 Å². The third-order valence-corrected chi connectivity index (χ3v) is 3.97. The molecule has 0 aromatic rings. The Morgan fingerprint density at radius 3 is 2.68 bits per heavy atom. The molecule has 108 valence electrons. The van der Waals surface area contributed by atoms with Crippen molar-refractivity contribution in [1.82, 2.24) is 4.90 Å². The highest BCUT2D eigenvalue weighted by Crippen LogP contribution is 2.22. The number of amides is 1. The molecule has 0 bridgehead atoms. The van der Waals surface area contributed by atoms with Crippen LogP contribution in [0.3, 0.4) is 0 Å². The standard InChI is InChI=1S/C14H23NO4/c1-18-14(17)12-7-2-4-8-15(12)13(16)10-11-6-3-5-9-19-11/h11-12H,2-10H2,1H3/t11?,12-/m1/s1. The molecule has 0 spiro atoms. The first kappa shape index (κ1) is 14.3. The van der Waals surface area contributed by atoms with Gasteiger partial charge in [0.1, 0.15) is 6.04 Å². The van der Waals surface area contributed by atoms with Crippen LogP contribution in [-0.2, 0) is 19.1 Å². The number of likely N-dealkylation sites (tertiary alicyclic amines) is 1. The number of esters is 1. The van der Waals surface area contributed by atoms with Crippen molar-refractivity contribution in [3.63, 3.8) is 0 Å². The van der Waals surface area contributed by atoms with Crippen molar-refractivity contribution in [2.75, 3.05) is 20.3 Å². The molecule has 2 atom stereocenters. The van der Waals surface area contributed by atoms with Gasteiger partial charge in [-0.2, -0.15) is 0 Å². The van der Waals surface area contributed by atoms with Crippen molar-refractivity contribution in [2.24, 2.45) is 0 Å². The third-order valence-electron chi connectivity index (χ3n) is 3.97. The Labute approximate surface area is 114 Å². The van der Waals surface area contributed by atoms with Crippen LogP contribution in [0.5, 0.6) is 0 Å². The van der Waals surface area contributed by atoms with E-state index in [1.165, 1.54) is 7.11 Å². The third kappa shape index (κ3) is 3.69. The molecule has 0 saturated carbocycles. The fourth-order valence-electron chi connectivity index (χ4n) is 2.89. The molecule has 0 N–H and O–H groups in total. The van der Waals surface area contributed by atoms with E-state index in [1.54, 1.807) is 4.90 Å². The predicted octanol–water partition coefficient (Wildman–Crippen LogP) is 1.50. The molecule has 1 unspecified atom stereocenters. The van der Waals surface area contributed by atoms with Crippen LogP contribution in [0.15, 0.2) is 0 Å². The smallest absolute Gasteiger partial charge is 0.328 e. The minimum absolute atomic E-state index is 0.0291. The van der Waals surface area contributed by atoms with Crippen LogP contribution >= 0.6 is 0 Å². The highest BCUT2D eigenvalue weighted by Gasteiger charge is 2.33. The number of methoxy groups -OCH3 is 1. The van der Waals surface area contributed by atoms with Crippen molar-refractivity contribution < 1.29 is 19.1 Å². The summed E-state index contributed by atoms with van der Waals surface area (Å²) in [5, 5.41) is 0.